The van der Waals surface area contributed by atoms with Crippen LogP contribution in [0, 0.1) is 0 Å². The van der Waals surface area contributed by atoms with Gasteiger partial charge < -0.3 is 20.6 Å². The maximum Gasteiger partial charge on any atom is 0.304 e. The fourth-order valence-electron chi connectivity index (χ4n) is 0.516. The summed E-state index contributed by atoms with van der Waals surface area (Å²) < 4.78 is 0. The molecule has 7 nitrogen and oxygen atoms in total. The molecule has 0 saturated heterocycles. The summed E-state index contributed by atoms with van der Waals surface area (Å²) in [5.74, 6) is -2.60. The molecule has 0 aliphatic heterocycles. The van der Waals surface area contributed by atoms with Crippen molar-refractivity contribution in [3.05, 3.63) is 0 Å². The van der Waals surface area contributed by atoms with Gasteiger partial charge in [-0.1, -0.05) is 0 Å². The molecule has 88 valence electrons. The minimum atomic E-state index is -0.882. The molecule has 0 aromatic rings. The number of carboxylic acid groups (broad SMARTS) is 3. The van der Waals surface area contributed by atoms with Crippen molar-refractivity contribution in [2.24, 2.45) is 0 Å². The summed E-state index contributed by atoms with van der Waals surface area (Å²) in [5.41, 5.74) is 0. The molecule has 0 aliphatic carbocycles. The van der Waals surface area contributed by atoms with E-state index in [1.54, 1.807) is 0 Å². The van der Waals surface area contributed by atoms with Crippen LogP contribution in [0.3, 0.4) is 0 Å². The largest absolute Gasteiger partial charge is 0.481 e. The first-order valence-corrected chi connectivity index (χ1v) is 4.20. The van der Waals surface area contributed by atoms with E-state index in [0.717, 1.165) is 6.92 Å². The van der Waals surface area contributed by atoms with Gasteiger partial charge in [0.1, 0.15) is 0 Å². The highest BCUT2D eigenvalue weighted by Gasteiger charge is 1.97. The summed E-state index contributed by atoms with van der Waals surface area (Å²) in [6, 6.07) is 0. The van der Waals surface area contributed by atoms with Crippen LogP contribution < -0.4 is 5.32 Å². The molecule has 4 N–H and O–H groups in total. The Balaban J connectivity index is 0. The summed E-state index contributed by atoms with van der Waals surface area (Å²) in [4.78, 5) is 28.9. The molecular formula is C8H15NO6. The fraction of sp³-hybridized carbons (Fsp3) is 0.625. The van der Waals surface area contributed by atoms with E-state index in [4.69, 9.17) is 20.1 Å². The zero-order valence-corrected chi connectivity index (χ0v) is 8.39. The highest BCUT2D eigenvalue weighted by molar-refractivity contribution is 5.67. The van der Waals surface area contributed by atoms with Gasteiger partial charge in [-0.25, -0.2) is 0 Å². The van der Waals surface area contributed by atoms with Gasteiger partial charge in [-0.2, -0.15) is 0 Å². The number of hydrogen-bond acceptors (Lipinski definition) is 4. The highest BCUT2D eigenvalue weighted by atomic mass is 16.4. The van der Waals surface area contributed by atoms with Crippen molar-refractivity contribution in [1.29, 1.82) is 0 Å². The molecule has 0 saturated carbocycles. The van der Waals surface area contributed by atoms with Crippen molar-refractivity contribution in [2.45, 2.75) is 19.8 Å². The van der Waals surface area contributed by atoms with Crippen molar-refractivity contribution < 1.29 is 29.7 Å². The second-order valence-corrected chi connectivity index (χ2v) is 2.56. The van der Waals surface area contributed by atoms with Crippen molar-refractivity contribution >= 4 is 17.9 Å². The Morgan fingerprint density at radius 3 is 1.40 bits per heavy atom. The maximum absolute atomic E-state index is 9.94. The fourth-order valence-corrected chi connectivity index (χ4v) is 0.516. The van der Waals surface area contributed by atoms with Gasteiger partial charge in [-0.3, -0.25) is 14.4 Å². The summed E-state index contributed by atoms with van der Waals surface area (Å²) in [5, 5.41) is 26.4. The minimum Gasteiger partial charge on any atom is -0.481 e. The second kappa shape index (κ2) is 10.5. The van der Waals surface area contributed by atoms with Crippen molar-refractivity contribution in [1.82, 2.24) is 5.32 Å². The van der Waals surface area contributed by atoms with Gasteiger partial charge in [0.25, 0.3) is 5.97 Å². The van der Waals surface area contributed by atoms with Crippen LogP contribution >= 0.6 is 0 Å². The first kappa shape index (κ1) is 15.8. The van der Waals surface area contributed by atoms with Gasteiger partial charge in [0.15, 0.2) is 0 Å². The van der Waals surface area contributed by atoms with Crippen molar-refractivity contribution in [3.63, 3.8) is 0 Å². The van der Waals surface area contributed by atoms with E-state index < -0.39 is 17.9 Å². The minimum absolute atomic E-state index is 0.0274. The van der Waals surface area contributed by atoms with Crippen LogP contribution in [-0.4, -0.2) is 46.3 Å². The van der Waals surface area contributed by atoms with E-state index >= 15 is 0 Å². The van der Waals surface area contributed by atoms with E-state index in [-0.39, 0.29) is 12.8 Å². The van der Waals surface area contributed by atoms with Gasteiger partial charge in [-0.05, 0) is 0 Å². The Bertz CT molecular complexity index is 195. The van der Waals surface area contributed by atoms with Crippen LogP contribution in [0.25, 0.3) is 0 Å². The third-order valence-electron chi connectivity index (χ3n) is 1.03. The lowest BCUT2D eigenvalue weighted by atomic mass is 10.4. The molecule has 0 atom stereocenters. The van der Waals surface area contributed by atoms with Crippen LogP contribution in [0.1, 0.15) is 19.8 Å². The Hall–Kier alpha value is -1.63. The predicted octanol–water partition coefficient (Wildman–Crippen LogP) is -0.384. The molecule has 0 aromatic heterocycles. The molecule has 0 unspecified atom stereocenters. The third kappa shape index (κ3) is 32.8. The van der Waals surface area contributed by atoms with E-state index in [9.17, 15) is 9.59 Å². The lowest BCUT2D eigenvalue weighted by Gasteiger charge is -1.98. The summed E-state index contributed by atoms with van der Waals surface area (Å²) >= 11 is 0. The first-order valence-electron chi connectivity index (χ1n) is 4.20. The van der Waals surface area contributed by atoms with Gasteiger partial charge in [-0.15, -0.1) is 0 Å². The lowest BCUT2D eigenvalue weighted by Crippen LogP contribution is -2.21. The van der Waals surface area contributed by atoms with Crippen LogP contribution in [0.15, 0.2) is 0 Å². The topological polar surface area (TPSA) is 124 Å². The predicted molar refractivity (Wildman–Crippen MR) is 50.7 cm³/mol. The number of carbonyl (C=O) groups is 3. The molecule has 0 bridgehead atoms. The third-order valence-corrected chi connectivity index (χ3v) is 1.03. The Morgan fingerprint density at radius 2 is 1.20 bits per heavy atom. The molecule has 0 fully saturated rings. The number of rotatable bonds is 6. The Morgan fingerprint density at radius 1 is 0.933 bits per heavy atom. The van der Waals surface area contributed by atoms with E-state index in [1.807, 2.05) is 0 Å². The zero-order valence-electron chi connectivity index (χ0n) is 8.39. The van der Waals surface area contributed by atoms with Crippen LogP contribution in [0.5, 0.6) is 0 Å². The standard InChI is InChI=1S/C6H11NO4.C2H4O2/c8-5(9)1-3-7-4-2-6(10)11;1-2(3)4/h7H,1-4H2,(H,8,9)(H,10,11);1H3,(H,3,4). The highest BCUT2D eigenvalue weighted by Crippen LogP contribution is 1.78. The molecule has 0 aliphatic rings. The molecule has 15 heavy (non-hydrogen) atoms. The summed E-state index contributed by atoms with van der Waals surface area (Å²) in [6.07, 6.45) is 0.0548. The number of carboxylic acids is 3. The van der Waals surface area contributed by atoms with Crippen molar-refractivity contribution in [2.75, 3.05) is 13.1 Å². The van der Waals surface area contributed by atoms with Crippen molar-refractivity contribution in [3.8, 4) is 0 Å². The van der Waals surface area contributed by atoms with Gasteiger partial charge in [0, 0.05) is 20.0 Å². The van der Waals surface area contributed by atoms with Crippen LogP contribution in [-0.2, 0) is 14.4 Å². The number of aliphatic carboxylic acids is 3. The molecule has 0 spiro atoms. The Kier molecular flexibility index (Phi) is 11.0. The molecule has 0 heterocycles. The monoisotopic (exact) mass is 221 g/mol. The first-order chi connectivity index (χ1) is 6.86. The quantitative estimate of drug-likeness (QED) is 0.450. The van der Waals surface area contributed by atoms with E-state index in [0.29, 0.717) is 13.1 Å². The van der Waals surface area contributed by atoms with Crippen LogP contribution in [0.4, 0.5) is 0 Å². The lowest BCUT2D eigenvalue weighted by molar-refractivity contribution is -0.137. The second-order valence-electron chi connectivity index (χ2n) is 2.56. The smallest absolute Gasteiger partial charge is 0.304 e. The SMILES string of the molecule is CC(=O)O.O=C(O)CCNCCC(=O)O. The zero-order chi connectivity index (χ0) is 12.3. The van der Waals surface area contributed by atoms with Gasteiger partial charge >= 0.3 is 11.9 Å². The molecular weight excluding hydrogens is 206 g/mol. The van der Waals surface area contributed by atoms with Crippen LogP contribution in [0.2, 0.25) is 0 Å². The van der Waals surface area contributed by atoms with Gasteiger partial charge in [0.05, 0.1) is 12.8 Å². The average molecular weight is 221 g/mol. The maximum atomic E-state index is 9.94. The summed E-state index contributed by atoms with van der Waals surface area (Å²) in [7, 11) is 0. The van der Waals surface area contributed by atoms with E-state index in [2.05, 4.69) is 5.32 Å². The number of nitrogens with one attached hydrogen (secondary N) is 1. The molecule has 0 rings (SSSR count). The van der Waals surface area contributed by atoms with E-state index in [1.165, 1.54) is 0 Å². The molecule has 7 heteroatoms. The molecule has 0 radical (unpaired) electrons. The number of hydrogen-bond donors (Lipinski definition) is 4. The Labute approximate surface area is 86.7 Å². The van der Waals surface area contributed by atoms with Gasteiger partial charge in [0.2, 0.25) is 0 Å². The molecule has 0 aromatic carbocycles. The average Bonchev–Trinajstić information content (AvgIpc) is 2.01. The molecule has 0 amide bonds. The normalized spacial score (nSPS) is 8.60. The summed E-state index contributed by atoms with van der Waals surface area (Å²) in [6.45, 7) is 1.73.